The van der Waals surface area contributed by atoms with Gasteiger partial charge in [-0.25, -0.2) is 0 Å². The Morgan fingerprint density at radius 3 is 2.94 bits per heavy atom. The van der Waals surface area contributed by atoms with Gasteiger partial charge in [0.05, 0.1) is 16.6 Å². The summed E-state index contributed by atoms with van der Waals surface area (Å²) < 4.78 is 5.00. The number of ether oxygens (including phenoxy) is 1. The zero-order chi connectivity index (χ0) is 12.8. The Labute approximate surface area is 104 Å². The van der Waals surface area contributed by atoms with Crippen LogP contribution >= 0.6 is 11.6 Å². The summed E-state index contributed by atoms with van der Waals surface area (Å²) in [6.45, 7) is 0.456. The lowest BCUT2D eigenvalue weighted by Crippen LogP contribution is -2.32. The number of likely N-dealkylation sites (N-methyl/N-ethyl adjacent to an activating group) is 1. The van der Waals surface area contributed by atoms with Crippen molar-refractivity contribution in [2.45, 2.75) is 12.5 Å². The van der Waals surface area contributed by atoms with Crippen LogP contribution in [0.2, 0.25) is 5.02 Å². The van der Waals surface area contributed by atoms with Crippen LogP contribution in [0.1, 0.15) is 5.69 Å². The van der Waals surface area contributed by atoms with Crippen molar-refractivity contribution in [2.24, 2.45) is 0 Å². The number of methoxy groups -OCH3 is 1. The second-order valence-corrected chi connectivity index (χ2v) is 3.96. The number of pyridine rings is 1. The molecule has 0 aliphatic carbocycles. The van der Waals surface area contributed by atoms with E-state index in [9.17, 15) is 10.1 Å². The molecule has 94 valence electrons. The first-order valence-electron chi connectivity index (χ1n) is 5.03. The number of nitrogens with zero attached hydrogens (tertiary/aromatic N) is 2. The fraction of sp³-hybridized carbons (Fsp3) is 0.500. The lowest BCUT2D eigenvalue weighted by atomic mass is 10.1. The third-order valence-electron chi connectivity index (χ3n) is 2.33. The van der Waals surface area contributed by atoms with Gasteiger partial charge in [-0.05, 0) is 7.05 Å². The van der Waals surface area contributed by atoms with E-state index in [-0.39, 0.29) is 16.8 Å². The fourth-order valence-corrected chi connectivity index (χ4v) is 1.60. The molecule has 0 saturated heterocycles. The fourth-order valence-electron chi connectivity index (χ4n) is 1.45. The molecule has 17 heavy (non-hydrogen) atoms. The summed E-state index contributed by atoms with van der Waals surface area (Å²) in [5.41, 5.74) is 0.338. The summed E-state index contributed by atoms with van der Waals surface area (Å²) in [7, 11) is 3.35. The molecule has 1 N–H and O–H groups in total. The molecule has 0 aliphatic rings. The van der Waals surface area contributed by atoms with Crippen LogP contribution in [0, 0.1) is 10.1 Å². The standard InChI is InChI=1S/C10H14ClN3O3/c1-12-8(6-17-2)4-9-10(14(15)16)3-7(11)5-13-9/h3,5,8,12H,4,6H2,1-2H3. The van der Waals surface area contributed by atoms with Crippen LogP contribution in [-0.2, 0) is 11.2 Å². The van der Waals surface area contributed by atoms with Crippen molar-refractivity contribution < 1.29 is 9.66 Å². The maximum atomic E-state index is 10.9. The van der Waals surface area contributed by atoms with Crippen molar-refractivity contribution in [1.82, 2.24) is 10.3 Å². The second kappa shape index (κ2) is 6.48. The number of hydrogen-bond donors (Lipinski definition) is 1. The molecule has 0 saturated carbocycles. The van der Waals surface area contributed by atoms with Crippen LogP contribution in [0.4, 0.5) is 5.69 Å². The normalized spacial score (nSPS) is 12.4. The Bertz CT molecular complexity index is 400. The lowest BCUT2D eigenvalue weighted by molar-refractivity contribution is -0.386. The summed E-state index contributed by atoms with van der Waals surface area (Å²) in [6.07, 6.45) is 1.82. The predicted octanol–water partition coefficient (Wildman–Crippen LogP) is 1.42. The minimum atomic E-state index is -0.478. The molecule has 0 fully saturated rings. The van der Waals surface area contributed by atoms with Gasteiger partial charge in [0.15, 0.2) is 0 Å². The number of rotatable bonds is 6. The van der Waals surface area contributed by atoms with Gasteiger partial charge in [-0.2, -0.15) is 0 Å². The molecule has 1 heterocycles. The van der Waals surface area contributed by atoms with Crippen molar-refractivity contribution in [1.29, 1.82) is 0 Å². The van der Waals surface area contributed by atoms with Crippen molar-refractivity contribution in [3.05, 3.63) is 33.1 Å². The Balaban J connectivity index is 2.92. The predicted molar refractivity (Wildman–Crippen MR) is 64.3 cm³/mol. The summed E-state index contributed by atoms with van der Waals surface area (Å²) in [5.74, 6) is 0. The third-order valence-corrected chi connectivity index (χ3v) is 2.53. The minimum absolute atomic E-state index is 0.0209. The van der Waals surface area contributed by atoms with E-state index in [1.165, 1.54) is 12.3 Å². The van der Waals surface area contributed by atoms with Crippen LogP contribution < -0.4 is 5.32 Å². The van der Waals surface area contributed by atoms with Gasteiger partial charge in [-0.1, -0.05) is 11.6 Å². The molecule has 1 unspecified atom stereocenters. The maximum Gasteiger partial charge on any atom is 0.292 e. The molecule has 0 amide bonds. The molecule has 0 bridgehead atoms. The van der Waals surface area contributed by atoms with Crippen LogP contribution in [0.15, 0.2) is 12.3 Å². The van der Waals surface area contributed by atoms with Gasteiger partial charge in [-0.3, -0.25) is 15.1 Å². The van der Waals surface area contributed by atoms with Crippen molar-refractivity contribution in [3.63, 3.8) is 0 Å². The van der Waals surface area contributed by atoms with E-state index < -0.39 is 4.92 Å². The average molecular weight is 260 g/mol. The zero-order valence-corrected chi connectivity index (χ0v) is 10.4. The molecule has 0 spiro atoms. The highest BCUT2D eigenvalue weighted by atomic mass is 35.5. The number of nitro groups is 1. The molecule has 0 aliphatic heterocycles. The van der Waals surface area contributed by atoms with E-state index in [2.05, 4.69) is 10.3 Å². The van der Waals surface area contributed by atoms with Gasteiger partial charge >= 0.3 is 0 Å². The lowest BCUT2D eigenvalue weighted by Gasteiger charge is -2.14. The Morgan fingerprint density at radius 2 is 2.41 bits per heavy atom. The first-order chi connectivity index (χ1) is 8.08. The highest BCUT2D eigenvalue weighted by Crippen LogP contribution is 2.21. The Morgan fingerprint density at radius 1 is 1.71 bits per heavy atom. The van der Waals surface area contributed by atoms with Gasteiger partial charge in [0, 0.05) is 31.8 Å². The first kappa shape index (κ1) is 13.8. The van der Waals surface area contributed by atoms with E-state index in [1.807, 2.05) is 0 Å². The topological polar surface area (TPSA) is 77.3 Å². The SMILES string of the molecule is CNC(COC)Cc1ncc(Cl)cc1[N+](=O)[O-]. The molecule has 7 heteroatoms. The summed E-state index contributed by atoms with van der Waals surface area (Å²) in [6, 6.07) is 1.29. The van der Waals surface area contributed by atoms with E-state index in [0.717, 1.165) is 0 Å². The quantitative estimate of drug-likeness (QED) is 0.618. The second-order valence-electron chi connectivity index (χ2n) is 3.52. The van der Waals surface area contributed by atoms with Gasteiger partial charge in [0.25, 0.3) is 5.69 Å². The molecule has 1 aromatic heterocycles. The van der Waals surface area contributed by atoms with Gasteiger partial charge in [0.2, 0.25) is 0 Å². The maximum absolute atomic E-state index is 10.9. The number of hydrogen-bond acceptors (Lipinski definition) is 5. The van der Waals surface area contributed by atoms with E-state index in [1.54, 1.807) is 14.2 Å². The van der Waals surface area contributed by atoms with Gasteiger partial charge in [0.1, 0.15) is 5.69 Å². The molecule has 6 nitrogen and oxygen atoms in total. The molecular weight excluding hydrogens is 246 g/mol. The number of aromatic nitrogens is 1. The van der Waals surface area contributed by atoms with Gasteiger partial charge in [-0.15, -0.1) is 0 Å². The van der Waals surface area contributed by atoms with E-state index in [0.29, 0.717) is 18.7 Å². The van der Waals surface area contributed by atoms with Crippen LogP contribution in [0.5, 0.6) is 0 Å². The van der Waals surface area contributed by atoms with Crippen LogP contribution in [0.25, 0.3) is 0 Å². The number of halogens is 1. The molecule has 1 aromatic rings. The molecular formula is C10H14ClN3O3. The van der Waals surface area contributed by atoms with E-state index in [4.69, 9.17) is 16.3 Å². The summed E-state index contributed by atoms with van der Waals surface area (Å²) in [5, 5.41) is 14.1. The highest BCUT2D eigenvalue weighted by molar-refractivity contribution is 6.30. The van der Waals surface area contributed by atoms with Crippen molar-refractivity contribution in [3.8, 4) is 0 Å². The highest BCUT2D eigenvalue weighted by Gasteiger charge is 2.19. The number of nitrogens with one attached hydrogen (secondary N) is 1. The average Bonchev–Trinajstić information content (AvgIpc) is 2.30. The van der Waals surface area contributed by atoms with Crippen molar-refractivity contribution >= 4 is 17.3 Å². The van der Waals surface area contributed by atoms with Crippen LogP contribution in [-0.4, -0.2) is 36.7 Å². The summed E-state index contributed by atoms with van der Waals surface area (Å²) in [4.78, 5) is 14.4. The third kappa shape index (κ3) is 3.92. The summed E-state index contributed by atoms with van der Waals surface area (Å²) >= 11 is 5.69. The molecule has 1 atom stereocenters. The smallest absolute Gasteiger partial charge is 0.292 e. The molecule has 0 aromatic carbocycles. The Hall–Kier alpha value is -1.24. The molecule has 1 rings (SSSR count). The van der Waals surface area contributed by atoms with Crippen molar-refractivity contribution in [2.75, 3.05) is 20.8 Å². The largest absolute Gasteiger partial charge is 0.383 e. The monoisotopic (exact) mass is 259 g/mol. The molecule has 0 radical (unpaired) electrons. The van der Waals surface area contributed by atoms with E-state index >= 15 is 0 Å². The Kier molecular flexibility index (Phi) is 5.27. The minimum Gasteiger partial charge on any atom is -0.383 e. The first-order valence-corrected chi connectivity index (χ1v) is 5.41. The van der Waals surface area contributed by atoms with Crippen LogP contribution in [0.3, 0.4) is 0 Å². The van der Waals surface area contributed by atoms with Gasteiger partial charge < -0.3 is 10.1 Å². The zero-order valence-electron chi connectivity index (χ0n) is 9.64.